The van der Waals surface area contributed by atoms with Gasteiger partial charge < -0.3 is 0 Å². The van der Waals surface area contributed by atoms with Crippen LogP contribution in [0.2, 0.25) is 0 Å². The first-order valence-corrected chi connectivity index (χ1v) is 12.4. The molecule has 0 saturated carbocycles. The molecule has 2 aliphatic carbocycles. The number of hydrogen-bond donors (Lipinski definition) is 0. The normalized spacial score (nSPS) is 10.9. The summed E-state index contributed by atoms with van der Waals surface area (Å²) in [5, 5.41) is 0. The van der Waals surface area contributed by atoms with Crippen LogP contribution in [0.5, 0.6) is 0 Å². The van der Waals surface area contributed by atoms with Gasteiger partial charge >= 0.3 is 28.4 Å². The van der Waals surface area contributed by atoms with Crippen LogP contribution >= 0.6 is 24.8 Å². The molecular formula is C31H28Cl2Zr. The van der Waals surface area contributed by atoms with E-state index in [0.29, 0.717) is 0 Å². The first kappa shape index (κ1) is 29.7. The standard InChI is InChI=1S/C13H9.C12H10.C5H5.CH2.2ClH.Zr/c1-3-7-12-10(5-1)9-11-6-2-4-8-13(11)12;1-3-7-11(8-4-1)12-9-5-2-6-10-12;1-2-4-5-3-1;;;;/h1-5,7-8H,9H2;1-10H;1-3H,4H2;1H2;2*1H;/q-1;;-1;;;;+2. The minimum atomic E-state index is 0. The van der Waals surface area contributed by atoms with Crippen molar-refractivity contribution in [3.8, 4) is 22.3 Å². The van der Waals surface area contributed by atoms with Crippen LogP contribution in [0.4, 0.5) is 0 Å². The summed E-state index contributed by atoms with van der Waals surface area (Å²) in [5.41, 5.74) is 8.06. The maximum Gasteiger partial charge on any atom is -0.0184 e. The molecule has 0 radical (unpaired) electrons. The average Bonchev–Trinajstić information content (AvgIpc) is 3.59. The summed E-state index contributed by atoms with van der Waals surface area (Å²) in [5.74, 6) is 0. The van der Waals surface area contributed by atoms with Crippen LogP contribution in [-0.4, -0.2) is 4.21 Å². The Kier molecular flexibility index (Phi) is 15.0. The van der Waals surface area contributed by atoms with Gasteiger partial charge in [0.25, 0.3) is 0 Å². The van der Waals surface area contributed by atoms with Crippen LogP contribution in [0.3, 0.4) is 0 Å². The minimum Gasteiger partial charge on any atom is -0.179 e. The maximum absolute atomic E-state index is 3.34. The summed E-state index contributed by atoms with van der Waals surface area (Å²) in [6.07, 6.45) is 11.0. The number of hydrogen-bond acceptors (Lipinski definition) is 0. The van der Waals surface area contributed by atoms with Gasteiger partial charge in [0, 0.05) is 0 Å². The molecule has 4 aromatic rings. The Morgan fingerprint density at radius 2 is 1.21 bits per heavy atom. The average molecular weight is 563 g/mol. The Morgan fingerprint density at radius 1 is 0.647 bits per heavy atom. The second-order valence-electron chi connectivity index (χ2n) is 7.13. The molecule has 0 atom stereocenters. The number of fused-ring (bicyclic) bond motifs is 3. The summed E-state index contributed by atoms with van der Waals surface area (Å²) in [7, 11) is 0. The Hall–Kier alpha value is -2.31. The third-order valence-electron chi connectivity index (χ3n) is 5.08. The Morgan fingerprint density at radius 3 is 1.74 bits per heavy atom. The van der Waals surface area contributed by atoms with E-state index in [1.165, 1.54) is 57.6 Å². The van der Waals surface area contributed by atoms with Gasteiger partial charge in [-0.3, -0.25) is 6.08 Å². The van der Waals surface area contributed by atoms with Gasteiger partial charge in [-0.05, 0) is 17.5 Å². The van der Waals surface area contributed by atoms with Gasteiger partial charge in [0.1, 0.15) is 0 Å². The van der Waals surface area contributed by atoms with E-state index in [4.69, 9.17) is 0 Å². The second kappa shape index (κ2) is 17.2. The maximum atomic E-state index is 3.34. The molecule has 170 valence electrons. The second-order valence-corrected chi connectivity index (χ2v) is 7.13. The molecule has 0 N–H and O–H groups in total. The fraction of sp³-hybridized carbons (Fsp3) is 0.0645. The van der Waals surface area contributed by atoms with Crippen LogP contribution in [0.1, 0.15) is 17.5 Å². The van der Waals surface area contributed by atoms with E-state index in [2.05, 4.69) is 107 Å². The van der Waals surface area contributed by atoms with Gasteiger partial charge in [0.2, 0.25) is 0 Å². The van der Waals surface area contributed by atoms with Gasteiger partial charge in [0.15, 0.2) is 0 Å². The molecule has 3 heteroatoms. The van der Waals surface area contributed by atoms with Crippen molar-refractivity contribution in [3.05, 3.63) is 145 Å². The fourth-order valence-corrected chi connectivity index (χ4v) is 3.60. The van der Waals surface area contributed by atoms with Crippen molar-refractivity contribution in [2.45, 2.75) is 12.8 Å². The Bertz CT molecular complexity index is 1060. The zero-order valence-corrected chi connectivity index (χ0v) is 23.1. The fourth-order valence-electron chi connectivity index (χ4n) is 3.60. The predicted molar refractivity (Wildman–Crippen MR) is 149 cm³/mol. The minimum absolute atomic E-state index is 0. The number of rotatable bonds is 1. The molecule has 6 rings (SSSR count). The summed E-state index contributed by atoms with van der Waals surface area (Å²) in [4.78, 5) is 0. The Balaban J connectivity index is 0.000000257. The third kappa shape index (κ3) is 8.80. The summed E-state index contributed by atoms with van der Waals surface area (Å²) in [6, 6.07) is 38.9. The van der Waals surface area contributed by atoms with Gasteiger partial charge in [-0.25, -0.2) is 12.2 Å². The van der Waals surface area contributed by atoms with E-state index in [1.807, 2.05) is 30.4 Å². The first-order chi connectivity index (χ1) is 15.9. The SMILES string of the molecule is Cl.Cl.[C-]1=CC=CC1.[CH2]=[Zr+2].[c-]1cccc2c1Cc1ccccc1-2.c1ccc(-c2ccccc2)cc1. The molecule has 0 amide bonds. The molecule has 0 saturated heterocycles. The zero-order chi connectivity index (χ0) is 22.4. The third-order valence-corrected chi connectivity index (χ3v) is 5.08. The molecule has 4 aromatic carbocycles. The summed E-state index contributed by atoms with van der Waals surface area (Å²) >= 11 is 1.30. The predicted octanol–water partition coefficient (Wildman–Crippen LogP) is 8.53. The molecule has 2 aliphatic rings. The monoisotopic (exact) mass is 560 g/mol. The molecule has 0 aliphatic heterocycles. The van der Waals surface area contributed by atoms with Crippen molar-refractivity contribution in [2.75, 3.05) is 0 Å². The topological polar surface area (TPSA) is 0 Å². The van der Waals surface area contributed by atoms with Crippen LogP contribution in [0.15, 0.2) is 121 Å². The molecule has 0 fully saturated rings. The zero-order valence-electron chi connectivity index (χ0n) is 19.0. The summed E-state index contributed by atoms with van der Waals surface area (Å²) < 4.78 is 3.34. The first-order valence-electron chi connectivity index (χ1n) is 10.7. The molecule has 0 nitrogen and oxygen atoms in total. The van der Waals surface area contributed by atoms with Crippen LogP contribution in [0, 0.1) is 12.1 Å². The van der Waals surface area contributed by atoms with E-state index < -0.39 is 0 Å². The van der Waals surface area contributed by atoms with Crippen molar-refractivity contribution in [1.82, 2.24) is 0 Å². The smallest absolute Gasteiger partial charge is 0.0184 e. The molecule has 0 spiro atoms. The number of halogens is 2. The van der Waals surface area contributed by atoms with E-state index in [-0.39, 0.29) is 24.8 Å². The van der Waals surface area contributed by atoms with Gasteiger partial charge in [0.05, 0.1) is 0 Å². The van der Waals surface area contributed by atoms with E-state index in [1.54, 1.807) is 0 Å². The van der Waals surface area contributed by atoms with E-state index in [9.17, 15) is 0 Å². The van der Waals surface area contributed by atoms with Crippen LogP contribution in [-0.2, 0) is 30.7 Å². The van der Waals surface area contributed by atoms with Gasteiger partial charge in [-0.1, -0.05) is 96.1 Å². The molecule has 0 unspecified atom stereocenters. The number of benzene rings is 4. The Labute approximate surface area is 231 Å². The van der Waals surface area contributed by atoms with E-state index >= 15 is 0 Å². The molecular weight excluding hydrogens is 534 g/mol. The summed E-state index contributed by atoms with van der Waals surface area (Å²) in [6.45, 7) is 0. The van der Waals surface area contributed by atoms with Crippen molar-refractivity contribution in [2.24, 2.45) is 0 Å². The van der Waals surface area contributed by atoms with Crippen molar-refractivity contribution in [1.29, 1.82) is 0 Å². The van der Waals surface area contributed by atoms with Crippen molar-refractivity contribution >= 4 is 29.0 Å². The van der Waals surface area contributed by atoms with Gasteiger partial charge in [-0.2, -0.15) is 35.9 Å². The van der Waals surface area contributed by atoms with Crippen LogP contribution < -0.4 is 0 Å². The van der Waals surface area contributed by atoms with Gasteiger partial charge in [-0.15, -0.1) is 36.8 Å². The molecule has 34 heavy (non-hydrogen) atoms. The molecule has 0 bridgehead atoms. The van der Waals surface area contributed by atoms with E-state index in [0.717, 1.165) is 12.8 Å². The molecule has 0 heterocycles. The largest absolute Gasteiger partial charge is 0.179 e. The van der Waals surface area contributed by atoms with Crippen molar-refractivity contribution < 1.29 is 24.2 Å². The van der Waals surface area contributed by atoms with Crippen LogP contribution in [0.25, 0.3) is 22.3 Å². The molecule has 0 aromatic heterocycles. The van der Waals surface area contributed by atoms with Crippen molar-refractivity contribution in [3.63, 3.8) is 0 Å². The quantitative estimate of drug-likeness (QED) is 0.180. The number of allylic oxidation sites excluding steroid dienone is 4.